The van der Waals surface area contributed by atoms with Gasteiger partial charge in [0, 0.05) is 22.0 Å². The molecule has 3 rings (SSSR count). The van der Waals surface area contributed by atoms with Crippen LogP contribution in [0.5, 0.6) is 11.5 Å². The van der Waals surface area contributed by atoms with Crippen molar-refractivity contribution in [3.8, 4) is 22.9 Å². The van der Waals surface area contributed by atoms with Crippen molar-refractivity contribution in [3.63, 3.8) is 0 Å². The van der Waals surface area contributed by atoms with Crippen molar-refractivity contribution in [2.45, 2.75) is 4.90 Å². The van der Waals surface area contributed by atoms with Crippen LogP contribution < -0.4 is 14.2 Å². The van der Waals surface area contributed by atoms with Crippen LogP contribution in [-0.2, 0) is 0 Å². The summed E-state index contributed by atoms with van der Waals surface area (Å²) in [6.07, 6.45) is 0. The molecule has 0 amide bonds. The van der Waals surface area contributed by atoms with Gasteiger partial charge in [-0.05, 0) is 30.1 Å². The molecule has 1 N–H and O–H groups in total. The Bertz CT molecular complexity index is 778. The summed E-state index contributed by atoms with van der Waals surface area (Å²) in [5, 5.41) is 0.753. The SMILES string of the molecule is COc1ccc(SNc2nc(-c3ccccc3)ns2)cc1OC. The van der Waals surface area contributed by atoms with Gasteiger partial charge >= 0.3 is 0 Å². The van der Waals surface area contributed by atoms with Crippen LogP contribution in [0.2, 0.25) is 0 Å². The third-order valence-electron chi connectivity index (χ3n) is 3.07. The first-order chi connectivity index (χ1) is 11.3. The molecule has 5 nitrogen and oxygen atoms in total. The number of anilines is 1. The topological polar surface area (TPSA) is 56.3 Å². The highest BCUT2D eigenvalue weighted by molar-refractivity contribution is 8.00. The molecule has 0 spiro atoms. The minimum atomic E-state index is 0.696. The normalized spacial score (nSPS) is 10.3. The van der Waals surface area contributed by atoms with Gasteiger partial charge in [-0.25, -0.2) is 0 Å². The van der Waals surface area contributed by atoms with Crippen LogP contribution in [0, 0.1) is 0 Å². The molecule has 0 atom stereocenters. The molecular formula is C16H15N3O2S2. The highest BCUT2D eigenvalue weighted by Gasteiger charge is 2.08. The smallest absolute Gasteiger partial charge is 0.213 e. The van der Waals surface area contributed by atoms with Crippen LogP contribution >= 0.6 is 23.5 Å². The third kappa shape index (κ3) is 3.75. The first-order valence-corrected chi connectivity index (χ1v) is 8.43. The predicted molar refractivity (Wildman–Crippen MR) is 94.4 cm³/mol. The lowest BCUT2D eigenvalue weighted by Gasteiger charge is -2.09. The Kier molecular flexibility index (Phi) is 4.99. The summed E-state index contributed by atoms with van der Waals surface area (Å²) < 4.78 is 18.1. The van der Waals surface area contributed by atoms with E-state index in [0.717, 1.165) is 21.4 Å². The molecular weight excluding hydrogens is 330 g/mol. The first kappa shape index (κ1) is 15.6. The van der Waals surface area contributed by atoms with E-state index in [1.54, 1.807) is 14.2 Å². The highest BCUT2D eigenvalue weighted by Crippen LogP contribution is 2.32. The standard InChI is InChI=1S/C16H15N3O2S2/c1-20-13-9-8-12(10-14(13)21-2)22-19-16-17-15(18-23-16)11-6-4-3-5-7-11/h3-10H,1-2H3,(H,17,18,19). The van der Waals surface area contributed by atoms with Crippen LogP contribution in [0.3, 0.4) is 0 Å². The average molecular weight is 345 g/mol. The summed E-state index contributed by atoms with van der Waals surface area (Å²) >= 11 is 2.79. The van der Waals surface area contributed by atoms with Crippen molar-refractivity contribution in [1.82, 2.24) is 9.36 Å². The van der Waals surface area contributed by atoms with Gasteiger partial charge in [-0.15, -0.1) is 0 Å². The molecule has 1 heterocycles. The van der Waals surface area contributed by atoms with E-state index >= 15 is 0 Å². The van der Waals surface area contributed by atoms with Gasteiger partial charge in [-0.2, -0.15) is 9.36 Å². The zero-order chi connectivity index (χ0) is 16.1. The van der Waals surface area contributed by atoms with Gasteiger partial charge in [0.05, 0.1) is 14.2 Å². The molecule has 118 valence electrons. The predicted octanol–water partition coefficient (Wildman–Crippen LogP) is 4.34. The fraction of sp³-hybridized carbons (Fsp3) is 0.125. The van der Waals surface area contributed by atoms with Crippen LogP contribution in [0.15, 0.2) is 53.4 Å². The number of hydrogen-bond donors (Lipinski definition) is 1. The summed E-state index contributed by atoms with van der Waals surface area (Å²) in [6, 6.07) is 15.7. The summed E-state index contributed by atoms with van der Waals surface area (Å²) in [6.45, 7) is 0. The second-order valence-corrected chi connectivity index (χ2v) is 6.14. The van der Waals surface area contributed by atoms with E-state index in [2.05, 4.69) is 14.1 Å². The third-order valence-corrected chi connectivity index (χ3v) is 4.61. The van der Waals surface area contributed by atoms with E-state index in [-0.39, 0.29) is 0 Å². The summed E-state index contributed by atoms with van der Waals surface area (Å²) in [5.74, 6) is 2.13. The van der Waals surface area contributed by atoms with Crippen molar-refractivity contribution in [2.24, 2.45) is 0 Å². The fourth-order valence-corrected chi connectivity index (χ4v) is 3.23. The van der Waals surface area contributed by atoms with Gasteiger partial charge in [-0.1, -0.05) is 30.3 Å². The lowest BCUT2D eigenvalue weighted by atomic mass is 10.2. The number of nitrogens with zero attached hydrogens (tertiary/aromatic N) is 2. The molecule has 23 heavy (non-hydrogen) atoms. The first-order valence-electron chi connectivity index (χ1n) is 6.84. The Morgan fingerprint density at radius 3 is 2.52 bits per heavy atom. The average Bonchev–Trinajstić information content (AvgIpc) is 3.09. The van der Waals surface area contributed by atoms with Crippen LogP contribution in [0.25, 0.3) is 11.4 Å². The van der Waals surface area contributed by atoms with E-state index in [1.165, 1.54) is 23.5 Å². The van der Waals surface area contributed by atoms with Crippen molar-refractivity contribution < 1.29 is 9.47 Å². The Hall–Kier alpha value is -2.25. The molecule has 1 aromatic heterocycles. The van der Waals surface area contributed by atoms with Crippen LogP contribution in [0.4, 0.5) is 5.13 Å². The van der Waals surface area contributed by atoms with Crippen LogP contribution in [-0.4, -0.2) is 23.6 Å². The zero-order valence-electron chi connectivity index (χ0n) is 12.6. The van der Waals surface area contributed by atoms with E-state index in [1.807, 2.05) is 48.5 Å². The summed E-state index contributed by atoms with van der Waals surface area (Å²) in [4.78, 5) is 5.49. The van der Waals surface area contributed by atoms with Gasteiger partial charge < -0.3 is 14.2 Å². The Morgan fingerprint density at radius 2 is 1.78 bits per heavy atom. The molecule has 0 fully saturated rings. The number of nitrogens with one attached hydrogen (secondary N) is 1. The molecule has 0 aliphatic heterocycles. The Balaban J connectivity index is 1.68. The van der Waals surface area contributed by atoms with Crippen molar-refractivity contribution in [1.29, 1.82) is 0 Å². The number of benzene rings is 2. The Morgan fingerprint density at radius 1 is 1.00 bits per heavy atom. The molecule has 0 unspecified atom stereocenters. The Labute approximate surface area is 143 Å². The molecule has 0 aliphatic rings. The maximum Gasteiger partial charge on any atom is 0.213 e. The summed E-state index contributed by atoms with van der Waals surface area (Å²) in [7, 11) is 3.24. The van der Waals surface area contributed by atoms with E-state index in [4.69, 9.17) is 9.47 Å². The molecule has 0 saturated heterocycles. The molecule has 0 bridgehead atoms. The lowest BCUT2D eigenvalue weighted by Crippen LogP contribution is -1.91. The molecule has 0 saturated carbocycles. The molecule has 7 heteroatoms. The van der Waals surface area contributed by atoms with Crippen LogP contribution in [0.1, 0.15) is 0 Å². The van der Waals surface area contributed by atoms with Gasteiger partial charge in [0.25, 0.3) is 0 Å². The minimum Gasteiger partial charge on any atom is -0.493 e. The lowest BCUT2D eigenvalue weighted by molar-refractivity contribution is 0.354. The van der Waals surface area contributed by atoms with Gasteiger partial charge in [0.2, 0.25) is 5.13 Å². The number of hydrogen-bond acceptors (Lipinski definition) is 7. The maximum absolute atomic E-state index is 5.30. The second kappa shape index (κ2) is 7.34. The number of ether oxygens (including phenoxy) is 2. The van der Waals surface area contributed by atoms with Gasteiger partial charge in [0.15, 0.2) is 17.3 Å². The molecule has 2 aromatic carbocycles. The summed E-state index contributed by atoms with van der Waals surface area (Å²) in [5.41, 5.74) is 1.01. The zero-order valence-corrected chi connectivity index (χ0v) is 14.3. The highest BCUT2D eigenvalue weighted by atomic mass is 32.2. The van der Waals surface area contributed by atoms with Crippen molar-refractivity contribution in [2.75, 3.05) is 18.9 Å². The maximum atomic E-state index is 5.30. The van der Waals surface area contributed by atoms with Crippen molar-refractivity contribution in [3.05, 3.63) is 48.5 Å². The molecule has 0 radical (unpaired) electrons. The molecule has 0 aliphatic carbocycles. The van der Waals surface area contributed by atoms with Gasteiger partial charge in [0.1, 0.15) is 0 Å². The monoisotopic (exact) mass is 345 g/mol. The number of methoxy groups -OCH3 is 2. The van der Waals surface area contributed by atoms with Crippen molar-refractivity contribution >= 4 is 28.6 Å². The quantitative estimate of drug-likeness (QED) is 0.671. The minimum absolute atomic E-state index is 0.696. The number of rotatable bonds is 6. The van der Waals surface area contributed by atoms with E-state index in [0.29, 0.717) is 11.5 Å². The second-order valence-electron chi connectivity index (χ2n) is 4.51. The van der Waals surface area contributed by atoms with E-state index in [9.17, 15) is 0 Å². The van der Waals surface area contributed by atoms with Gasteiger partial charge in [-0.3, -0.25) is 0 Å². The fourth-order valence-electron chi connectivity index (χ4n) is 1.95. The number of aromatic nitrogens is 2. The largest absolute Gasteiger partial charge is 0.493 e. The molecule has 3 aromatic rings. The van der Waals surface area contributed by atoms with E-state index < -0.39 is 0 Å².